The molecule has 0 spiro atoms. The van der Waals surface area contributed by atoms with Crippen LogP contribution in [0, 0.1) is 5.82 Å². The Kier molecular flexibility index (Phi) is 5.52. The van der Waals surface area contributed by atoms with Crippen LogP contribution in [0.3, 0.4) is 0 Å². The lowest BCUT2D eigenvalue weighted by Crippen LogP contribution is -1.95. The Hall–Kier alpha value is -2.89. The molecule has 0 fully saturated rings. The van der Waals surface area contributed by atoms with Gasteiger partial charge in [-0.25, -0.2) is 4.39 Å². The quantitative estimate of drug-likeness (QED) is 0.816. The molecule has 24 heavy (non-hydrogen) atoms. The summed E-state index contributed by atoms with van der Waals surface area (Å²) in [6.07, 6.45) is 3.21. The zero-order chi connectivity index (χ0) is 17.7. The van der Waals surface area contributed by atoms with Crippen LogP contribution in [0.15, 0.2) is 24.3 Å². The highest BCUT2D eigenvalue weighted by Crippen LogP contribution is 2.39. The summed E-state index contributed by atoms with van der Waals surface area (Å²) in [4.78, 5) is 0. The van der Waals surface area contributed by atoms with Crippen molar-refractivity contribution in [2.45, 2.75) is 0 Å². The van der Waals surface area contributed by atoms with Gasteiger partial charge in [0.2, 0.25) is 5.75 Å². The summed E-state index contributed by atoms with van der Waals surface area (Å²) >= 11 is 0. The standard InChI is InChI=1S/C18H19FO5/c1-21-13-8-7-12(16(19)17(13)20)6-5-11-9-14(22-2)18(24-4)15(10-11)23-3/h5-10,20H,1-4H3/b6-5-. The van der Waals surface area contributed by atoms with Gasteiger partial charge in [0.1, 0.15) is 0 Å². The Labute approximate surface area is 139 Å². The molecule has 0 saturated heterocycles. The van der Waals surface area contributed by atoms with Crippen molar-refractivity contribution in [2.75, 3.05) is 28.4 Å². The number of halogens is 1. The summed E-state index contributed by atoms with van der Waals surface area (Å²) in [7, 11) is 5.92. The van der Waals surface area contributed by atoms with E-state index >= 15 is 0 Å². The molecule has 0 bridgehead atoms. The summed E-state index contributed by atoms with van der Waals surface area (Å²) in [5.41, 5.74) is 0.946. The van der Waals surface area contributed by atoms with Gasteiger partial charge in [0, 0.05) is 5.56 Å². The topological polar surface area (TPSA) is 57.2 Å². The maximum atomic E-state index is 14.1. The van der Waals surface area contributed by atoms with Crippen LogP contribution in [-0.4, -0.2) is 33.5 Å². The van der Waals surface area contributed by atoms with Gasteiger partial charge in [-0.15, -0.1) is 0 Å². The van der Waals surface area contributed by atoms with Crippen molar-refractivity contribution in [3.8, 4) is 28.7 Å². The van der Waals surface area contributed by atoms with Crippen LogP contribution in [0.2, 0.25) is 0 Å². The molecule has 2 aromatic carbocycles. The first-order valence-electron chi connectivity index (χ1n) is 7.09. The monoisotopic (exact) mass is 334 g/mol. The second kappa shape index (κ2) is 7.59. The number of phenols is 1. The first kappa shape index (κ1) is 17.5. The van der Waals surface area contributed by atoms with Gasteiger partial charge in [0.05, 0.1) is 28.4 Å². The zero-order valence-electron chi connectivity index (χ0n) is 13.9. The second-order valence-electron chi connectivity index (χ2n) is 4.81. The van der Waals surface area contributed by atoms with Crippen LogP contribution in [0.1, 0.15) is 11.1 Å². The van der Waals surface area contributed by atoms with E-state index in [0.29, 0.717) is 17.2 Å². The van der Waals surface area contributed by atoms with Crippen molar-refractivity contribution in [1.29, 1.82) is 0 Å². The lowest BCUT2D eigenvalue weighted by atomic mass is 10.1. The number of aromatic hydroxyl groups is 1. The fraction of sp³-hybridized carbons (Fsp3) is 0.222. The highest BCUT2D eigenvalue weighted by Gasteiger charge is 2.13. The number of hydrogen-bond acceptors (Lipinski definition) is 5. The van der Waals surface area contributed by atoms with Gasteiger partial charge in [-0.05, 0) is 29.8 Å². The van der Waals surface area contributed by atoms with Gasteiger partial charge in [-0.2, -0.15) is 0 Å². The Balaban J connectivity index is 2.41. The molecule has 0 aliphatic heterocycles. The highest BCUT2D eigenvalue weighted by molar-refractivity contribution is 5.74. The highest BCUT2D eigenvalue weighted by atomic mass is 19.1. The van der Waals surface area contributed by atoms with Gasteiger partial charge < -0.3 is 24.1 Å². The second-order valence-corrected chi connectivity index (χ2v) is 4.81. The SMILES string of the molecule is COc1ccc(/C=C\c2cc(OC)c(OC)c(OC)c2)c(F)c1O. The molecule has 0 heterocycles. The van der Waals surface area contributed by atoms with E-state index in [2.05, 4.69) is 0 Å². The van der Waals surface area contributed by atoms with Crippen LogP contribution in [0.4, 0.5) is 4.39 Å². The van der Waals surface area contributed by atoms with Crippen molar-refractivity contribution in [1.82, 2.24) is 0 Å². The van der Waals surface area contributed by atoms with Crippen LogP contribution < -0.4 is 18.9 Å². The number of benzene rings is 2. The molecule has 0 radical (unpaired) electrons. The first-order valence-corrected chi connectivity index (χ1v) is 7.09. The maximum Gasteiger partial charge on any atom is 0.203 e. The average molecular weight is 334 g/mol. The van der Waals surface area contributed by atoms with Gasteiger partial charge in [0.25, 0.3) is 0 Å². The third-order valence-electron chi connectivity index (χ3n) is 3.47. The normalized spacial score (nSPS) is 10.7. The minimum Gasteiger partial charge on any atom is -0.502 e. The minimum atomic E-state index is -0.752. The van der Waals surface area contributed by atoms with E-state index in [0.717, 1.165) is 5.56 Å². The zero-order valence-corrected chi connectivity index (χ0v) is 13.9. The molecule has 0 unspecified atom stereocenters. The van der Waals surface area contributed by atoms with E-state index in [4.69, 9.17) is 18.9 Å². The fourth-order valence-corrected chi connectivity index (χ4v) is 2.24. The molecule has 2 aromatic rings. The first-order chi connectivity index (χ1) is 11.5. The number of hydrogen-bond donors (Lipinski definition) is 1. The summed E-state index contributed by atoms with van der Waals surface area (Å²) in [5.74, 6) is 0.273. The Morgan fingerprint density at radius 3 is 1.92 bits per heavy atom. The Morgan fingerprint density at radius 2 is 1.42 bits per heavy atom. The van der Waals surface area contributed by atoms with E-state index in [-0.39, 0.29) is 11.3 Å². The lowest BCUT2D eigenvalue weighted by molar-refractivity contribution is 0.324. The molecular weight excluding hydrogens is 315 g/mol. The van der Waals surface area contributed by atoms with Crippen molar-refractivity contribution in [3.05, 3.63) is 41.2 Å². The van der Waals surface area contributed by atoms with Crippen molar-refractivity contribution in [2.24, 2.45) is 0 Å². The van der Waals surface area contributed by atoms with Crippen LogP contribution >= 0.6 is 0 Å². The fourth-order valence-electron chi connectivity index (χ4n) is 2.24. The Bertz CT molecular complexity index is 730. The van der Waals surface area contributed by atoms with E-state index in [1.54, 1.807) is 18.2 Å². The lowest BCUT2D eigenvalue weighted by Gasteiger charge is -2.12. The molecule has 2 rings (SSSR count). The molecule has 128 valence electrons. The smallest absolute Gasteiger partial charge is 0.203 e. The molecule has 5 nitrogen and oxygen atoms in total. The Morgan fingerprint density at radius 1 is 0.833 bits per heavy atom. The van der Waals surface area contributed by atoms with Gasteiger partial charge in [-0.1, -0.05) is 12.2 Å². The molecule has 0 aromatic heterocycles. The van der Waals surface area contributed by atoms with Crippen LogP contribution in [0.5, 0.6) is 28.7 Å². The van der Waals surface area contributed by atoms with Gasteiger partial charge in [-0.3, -0.25) is 0 Å². The predicted molar refractivity (Wildman–Crippen MR) is 89.6 cm³/mol. The van der Waals surface area contributed by atoms with Crippen molar-refractivity contribution < 1.29 is 28.4 Å². The molecule has 0 aliphatic carbocycles. The van der Waals surface area contributed by atoms with Gasteiger partial charge in [0.15, 0.2) is 28.8 Å². The molecule has 0 amide bonds. The average Bonchev–Trinajstić information content (AvgIpc) is 2.61. The number of phenolic OH excluding ortho intramolecular Hbond substituents is 1. The van der Waals surface area contributed by atoms with E-state index in [1.807, 2.05) is 0 Å². The van der Waals surface area contributed by atoms with E-state index in [9.17, 15) is 9.50 Å². The van der Waals surface area contributed by atoms with Crippen LogP contribution in [0.25, 0.3) is 12.2 Å². The maximum absolute atomic E-state index is 14.1. The summed E-state index contributed by atoms with van der Waals surface area (Å²) in [5, 5.41) is 9.72. The third kappa shape index (κ3) is 3.37. The molecule has 0 atom stereocenters. The largest absolute Gasteiger partial charge is 0.502 e. The predicted octanol–water partition coefficient (Wildman–Crippen LogP) is 3.74. The van der Waals surface area contributed by atoms with E-state index < -0.39 is 11.6 Å². The molecular formula is C18H19FO5. The minimum absolute atomic E-state index is 0.0810. The van der Waals surface area contributed by atoms with Crippen molar-refractivity contribution >= 4 is 12.2 Å². The van der Waals surface area contributed by atoms with Crippen LogP contribution in [-0.2, 0) is 0 Å². The molecule has 1 N–H and O–H groups in total. The molecule has 0 saturated carbocycles. The van der Waals surface area contributed by atoms with Crippen molar-refractivity contribution in [3.63, 3.8) is 0 Å². The number of ether oxygens (including phenoxy) is 4. The molecule has 0 aliphatic rings. The summed E-state index contributed by atoms with van der Waals surface area (Å²) in [6.45, 7) is 0. The summed E-state index contributed by atoms with van der Waals surface area (Å²) < 4.78 is 34.8. The number of methoxy groups -OCH3 is 4. The number of rotatable bonds is 6. The molecule has 6 heteroatoms. The third-order valence-corrected chi connectivity index (χ3v) is 3.47. The van der Waals surface area contributed by atoms with Gasteiger partial charge >= 0.3 is 0 Å². The van der Waals surface area contributed by atoms with E-state index in [1.165, 1.54) is 46.6 Å². The summed E-state index contributed by atoms with van der Waals surface area (Å²) in [6, 6.07) is 6.48.